The molecule has 2 rings (SSSR count). The maximum absolute atomic E-state index is 12.0. The summed E-state index contributed by atoms with van der Waals surface area (Å²) < 4.78 is 0. The number of benzene rings is 1. The molecule has 0 heterocycles. The van der Waals surface area contributed by atoms with Crippen molar-refractivity contribution >= 4 is 17.3 Å². The molecular formula is C14H22N4O. The van der Waals surface area contributed by atoms with E-state index in [4.69, 9.17) is 11.5 Å². The molecule has 1 aromatic rings. The molecule has 5 heteroatoms. The Bertz CT molecular complexity index is 457. The molecule has 0 radical (unpaired) electrons. The quantitative estimate of drug-likeness (QED) is 0.669. The lowest BCUT2D eigenvalue weighted by molar-refractivity contribution is 0.0949. The van der Waals surface area contributed by atoms with Crippen LogP contribution >= 0.6 is 0 Å². The minimum atomic E-state index is -0.135. The summed E-state index contributed by atoms with van der Waals surface area (Å²) in [6, 6.07) is 5.69. The smallest absolute Gasteiger partial charge is 0.253 e. The summed E-state index contributed by atoms with van der Waals surface area (Å²) in [5, 5.41) is 2.91. The first-order valence-electron chi connectivity index (χ1n) is 6.79. The first kappa shape index (κ1) is 13.7. The van der Waals surface area contributed by atoms with Crippen molar-refractivity contribution in [2.24, 2.45) is 0 Å². The van der Waals surface area contributed by atoms with Gasteiger partial charge in [-0.15, -0.1) is 0 Å². The third-order valence-corrected chi connectivity index (χ3v) is 3.47. The van der Waals surface area contributed by atoms with Crippen molar-refractivity contribution < 1.29 is 4.79 Å². The number of amides is 1. The molecule has 1 amide bonds. The van der Waals surface area contributed by atoms with Gasteiger partial charge in [0.2, 0.25) is 0 Å². The van der Waals surface area contributed by atoms with E-state index in [2.05, 4.69) is 17.1 Å². The summed E-state index contributed by atoms with van der Waals surface area (Å²) in [6.45, 7) is 4.72. The van der Waals surface area contributed by atoms with E-state index in [0.717, 1.165) is 19.1 Å². The Morgan fingerprint density at radius 1 is 1.42 bits per heavy atom. The van der Waals surface area contributed by atoms with Gasteiger partial charge in [0.1, 0.15) is 0 Å². The average molecular weight is 262 g/mol. The molecule has 5 nitrogen and oxygen atoms in total. The molecule has 0 atom stereocenters. The van der Waals surface area contributed by atoms with E-state index < -0.39 is 0 Å². The molecule has 0 saturated heterocycles. The fraction of sp³-hybridized carbons (Fsp3) is 0.500. The number of nitrogens with two attached hydrogens (primary N) is 2. The highest BCUT2D eigenvalue weighted by Gasteiger charge is 2.27. The van der Waals surface area contributed by atoms with E-state index in [1.807, 2.05) is 0 Å². The first-order valence-corrected chi connectivity index (χ1v) is 6.79. The van der Waals surface area contributed by atoms with Crippen LogP contribution in [0.4, 0.5) is 11.4 Å². The predicted molar refractivity (Wildman–Crippen MR) is 77.9 cm³/mol. The lowest BCUT2D eigenvalue weighted by Crippen LogP contribution is -2.36. The second kappa shape index (κ2) is 5.93. The molecule has 1 aliphatic rings. The van der Waals surface area contributed by atoms with Gasteiger partial charge in [0.25, 0.3) is 5.91 Å². The van der Waals surface area contributed by atoms with E-state index in [9.17, 15) is 4.79 Å². The van der Waals surface area contributed by atoms with Crippen molar-refractivity contribution in [2.75, 3.05) is 31.1 Å². The summed E-state index contributed by atoms with van der Waals surface area (Å²) in [6.07, 6.45) is 2.57. The second-order valence-electron chi connectivity index (χ2n) is 4.96. The minimum absolute atomic E-state index is 0.135. The number of hydrogen-bond donors (Lipinski definition) is 3. The third-order valence-electron chi connectivity index (χ3n) is 3.47. The van der Waals surface area contributed by atoms with Crippen LogP contribution in [0.1, 0.15) is 30.1 Å². The number of carbonyl (C=O) groups is 1. The fourth-order valence-corrected chi connectivity index (χ4v) is 2.23. The standard InChI is InChI=1S/C14H22N4O/c1-2-18(11-4-5-11)8-7-17-14(19)12-6-3-10(15)9-13(12)16/h3,6,9,11H,2,4-5,7-8,15-16H2,1H3,(H,17,19). The van der Waals surface area contributed by atoms with Crippen LogP contribution in [0.5, 0.6) is 0 Å². The normalized spacial score (nSPS) is 14.6. The van der Waals surface area contributed by atoms with Crippen LogP contribution in [-0.4, -0.2) is 36.5 Å². The highest BCUT2D eigenvalue weighted by Crippen LogP contribution is 2.25. The van der Waals surface area contributed by atoms with Crippen molar-refractivity contribution in [3.8, 4) is 0 Å². The molecule has 1 saturated carbocycles. The van der Waals surface area contributed by atoms with Crippen LogP contribution in [0.15, 0.2) is 18.2 Å². The summed E-state index contributed by atoms with van der Waals surface area (Å²) in [4.78, 5) is 14.4. The van der Waals surface area contributed by atoms with E-state index >= 15 is 0 Å². The lowest BCUT2D eigenvalue weighted by Gasteiger charge is -2.19. The molecule has 1 aliphatic carbocycles. The molecule has 5 N–H and O–H groups in total. The highest BCUT2D eigenvalue weighted by atomic mass is 16.1. The Kier molecular flexibility index (Phi) is 4.27. The number of likely N-dealkylation sites (N-methyl/N-ethyl adjacent to an activating group) is 1. The van der Waals surface area contributed by atoms with Gasteiger partial charge >= 0.3 is 0 Å². The van der Waals surface area contributed by atoms with Gasteiger partial charge in [-0.05, 0) is 37.6 Å². The number of nitrogens with zero attached hydrogens (tertiary/aromatic N) is 1. The zero-order chi connectivity index (χ0) is 13.8. The van der Waals surface area contributed by atoms with E-state index in [0.29, 0.717) is 23.5 Å². The molecule has 1 fully saturated rings. The average Bonchev–Trinajstić information content (AvgIpc) is 3.18. The molecule has 104 valence electrons. The monoisotopic (exact) mass is 262 g/mol. The Morgan fingerprint density at radius 3 is 2.74 bits per heavy atom. The van der Waals surface area contributed by atoms with Gasteiger partial charge in [-0.3, -0.25) is 9.69 Å². The number of rotatable bonds is 6. The van der Waals surface area contributed by atoms with Gasteiger partial charge in [-0.2, -0.15) is 0 Å². The third kappa shape index (κ3) is 3.61. The van der Waals surface area contributed by atoms with Crippen molar-refractivity contribution in [1.29, 1.82) is 0 Å². The number of anilines is 2. The molecule has 0 spiro atoms. The second-order valence-corrected chi connectivity index (χ2v) is 4.96. The van der Waals surface area contributed by atoms with Crippen LogP contribution in [-0.2, 0) is 0 Å². The van der Waals surface area contributed by atoms with E-state index in [1.165, 1.54) is 12.8 Å². The fourth-order valence-electron chi connectivity index (χ4n) is 2.23. The van der Waals surface area contributed by atoms with Gasteiger partial charge in [0, 0.05) is 30.5 Å². The van der Waals surface area contributed by atoms with Crippen molar-refractivity contribution in [3.63, 3.8) is 0 Å². The number of nitrogens with one attached hydrogen (secondary N) is 1. The van der Waals surface area contributed by atoms with E-state index in [1.54, 1.807) is 18.2 Å². The topological polar surface area (TPSA) is 84.4 Å². The van der Waals surface area contributed by atoms with E-state index in [-0.39, 0.29) is 5.91 Å². The lowest BCUT2D eigenvalue weighted by atomic mass is 10.1. The molecule has 0 unspecified atom stereocenters. The predicted octanol–water partition coefficient (Wildman–Crippen LogP) is 1.07. The Morgan fingerprint density at radius 2 is 2.16 bits per heavy atom. The molecule has 1 aromatic carbocycles. The van der Waals surface area contributed by atoms with Gasteiger partial charge in [-0.1, -0.05) is 6.92 Å². The Labute approximate surface area is 113 Å². The van der Waals surface area contributed by atoms with Crippen LogP contribution < -0.4 is 16.8 Å². The first-order chi connectivity index (χ1) is 9.11. The largest absolute Gasteiger partial charge is 0.399 e. The molecule has 19 heavy (non-hydrogen) atoms. The minimum Gasteiger partial charge on any atom is -0.399 e. The highest BCUT2D eigenvalue weighted by molar-refractivity contribution is 5.99. The van der Waals surface area contributed by atoms with Crippen LogP contribution in [0.2, 0.25) is 0 Å². The van der Waals surface area contributed by atoms with Crippen molar-refractivity contribution in [3.05, 3.63) is 23.8 Å². The maximum atomic E-state index is 12.0. The maximum Gasteiger partial charge on any atom is 0.253 e. The summed E-state index contributed by atoms with van der Waals surface area (Å²) in [5.74, 6) is -0.135. The van der Waals surface area contributed by atoms with Crippen LogP contribution in [0.25, 0.3) is 0 Å². The molecule has 0 aliphatic heterocycles. The Hall–Kier alpha value is -1.75. The Balaban J connectivity index is 1.83. The van der Waals surface area contributed by atoms with Gasteiger partial charge in [-0.25, -0.2) is 0 Å². The molecular weight excluding hydrogens is 240 g/mol. The summed E-state index contributed by atoms with van der Waals surface area (Å²) in [5.41, 5.74) is 12.9. The SMILES string of the molecule is CCN(CCNC(=O)c1ccc(N)cc1N)C1CC1. The number of carbonyl (C=O) groups excluding carboxylic acids is 1. The van der Waals surface area contributed by atoms with Crippen LogP contribution in [0.3, 0.4) is 0 Å². The van der Waals surface area contributed by atoms with Crippen molar-refractivity contribution in [1.82, 2.24) is 10.2 Å². The van der Waals surface area contributed by atoms with Crippen molar-refractivity contribution in [2.45, 2.75) is 25.8 Å². The van der Waals surface area contributed by atoms with Gasteiger partial charge in [0.05, 0.1) is 5.56 Å². The number of nitrogen functional groups attached to an aromatic ring is 2. The zero-order valence-electron chi connectivity index (χ0n) is 11.4. The molecule has 0 aromatic heterocycles. The van der Waals surface area contributed by atoms with Crippen LogP contribution in [0, 0.1) is 0 Å². The number of hydrogen-bond acceptors (Lipinski definition) is 4. The summed E-state index contributed by atoms with van der Waals surface area (Å²) in [7, 11) is 0. The van der Waals surface area contributed by atoms with Gasteiger partial charge < -0.3 is 16.8 Å². The summed E-state index contributed by atoms with van der Waals surface area (Å²) >= 11 is 0. The van der Waals surface area contributed by atoms with Gasteiger partial charge in [0.15, 0.2) is 0 Å². The zero-order valence-corrected chi connectivity index (χ0v) is 11.4. The molecule has 0 bridgehead atoms.